The molecular weight excluding hydrogens is 512 g/mol. The molecule has 1 aliphatic heterocycles. The van der Waals surface area contributed by atoms with Crippen molar-refractivity contribution in [1.29, 1.82) is 0 Å². The topological polar surface area (TPSA) is 108 Å². The quantitative estimate of drug-likeness (QED) is 0.302. The largest absolute Gasteiger partial charge is 0.469 e. The second-order valence-electron chi connectivity index (χ2n) is 9.39. The van der Waals surface area contributed by atoms with Crippen molar-refractivity contribution in [3.05, 3.63) is 34.1 Å². The van der Waals surface area contributed by atoms with Crippen LogP contribution in [0.1, 0.15) is 65.1 Å². The van der Waals surface area contributed by atoms with Crippen LogP contribution in [0.3, 0.4) is 0 Å². The van der Waals surface area contributed by atoms with Gasteiger partial charge in [0.1, 0.15) is 10.8 Å². The van der Waals surface area contributed by atoms with Crippen LogP contribution in [-0.4, -0.2) is 52.2 Å². The second kappa shape index (κ2) is 11.8. The summed E-state index contributed by atoms with van der Waals surface area (Å²) in [7, 11) is 1.39. The molecule has 3 aromatic rings. The molecule has 0 aromatic carbocycles. The van der Waals surface area contributed by atoms with Crippen molar-refractivity contribution < 1.29 is 23.5 Å². The number of hydrogen-bond donors (Lipinski definition) is 1. The van der Waals surface area contributed by atoms with Crippen LogP contribution >= 0.6 is 23.1 Å². The first-order valence-electron chi connectivity index (χ1n) is 12.8. The van der Waals surface area contributed by atoms with Crippen LogP contribution in [0.5, 0.6) is 0 Å². The van der Waals surface area contributed by atoms with Crippen LogP contribution in [0.2, 0.25) is 0 Å². The maximum absolute atomic E-state index is 13.1. The minimum Gasteiger partial charge on any atom is -0.469 e. The molecule has 5 rings (SSSR count). The highest BCUT2D eigenvalue weighted by atomic mass is 32.2. The van der Waals surface area contributed by atoms with Gasteiger partial charge in [-0.1, -0.05) is 24.6 Å². The van der Waals surface area contributed by atoms with Crippen LogP contribution in [-0.2, 0) is 33.7 Å². The second-order valence-corrected chi connectivity index (χ2v) is 11.4. The van der Waals surface area contributed by atoms with Crippen molar-refractivity contribution in [3.8, 4) is 11.4 Å². The van der Waals surface area contributed by atoms with Crippen molar-refractivity contribution >= 4 is 40.0 Å². The van der Waals surface area contributed by atoms with E-state index in [4.69, 9.17) is 13.9 Å². The van der Waals surface area contributed by atoms with Crippen molar-refractivity contribution in [3.63, 3.8) is 0 Å². The molecule has 9 nitrogen and oxygen atoms in total. The van der Waals surface area contributed by atoms with Crippen molar-refractivity contribution in [2.45, 2.75) is 76.1 Å². The Morgan fingerprint density at radius 2 is 2.05 bits per heavy atom. The highest BCUT2D eigenvalue weighted by Crippen LogP contribution is 2.38. The molecule has 1 unspecified atom stereocenters. The molecule has 0 spiro atoms. The van der Waals surface area contributed by atoms with E-state index >= 15 is 0 Å². The summed E-state index contributed by atoms with van der Waals surface area (Å²) in [5, 5.41) is 13.0. The Kier molecular flexibility index (Phi) is 8.31. The summed E-state index contributed by atoms with van der Waals surface area (Å²) in [6, 6.07) is 1.88. The normalized spacial score (nSPS) is 17.7. The molecule has 1 aliphatic carbocycles. The van der Waals surface area contributed by atoms with E-state index in [2.05, 4.69) is 15.5 Å². The molecule has 0 radical (unpaired) electrons. The third-order valence-electron chi connectivity index (χ3n) is 6.87. The first-order valence-corrected chi connectivity index (χ1v) is 14.6. The molecule has 1 fully saturated rings. The monoisotopic (exact) mass is 544 g/mol. The third kappa shape index (κ3) is 5.78. The maximum atomic E-state index is 13.1. The molecule has 37 heavy (non-hydrogen) atoms. The maximum Gasteiger partial charge on any atom is 0.341 e. The lowest BCUT2D eigenvalue weighted by atomic mass is 9.96. The van der Waals surface area contributed by atoms with Gasteiger partial charge in [-0.25, -0.2) is 4.79 Å². The average molecular weight is 545 g/mol. The van der Waals surface area contributed by atoms with Crippen LogP contribution in [0.25, 0.3) is 11.4 Å². The fourth-order valence-corrected chi connectivity index (χ4v) is 7.03. The number of hydrogen-bond acceptors (Lipinski definition) is 9. The van der Waals surface area contributed by atoms with E-state index in [0.29, 0.717) is 28.1 Å². The number of ether oxygens (including phenoxy) is 2. The highest BCUT2D eigenvalue weighted by molar-refractivity contribution is 7.99. The predicted molar refractivity (Wildman–Crippen MR) is 142 cm³/mol. The van der Waals surface area contributed by atoms with Crippen LogP contribution in [0.4, 0.5) is 5.00 Å². The van der Waals surface area contributed by atoms with Gasteiger partial charge in [0.2, 0.25) is 5.91 Å². The average Bonchev–Trinajstić information content (AvgIpc) is 3.67. The smallest absolute Gasteiger partial charge is 0.341 e. The summed E-state index contributed by atoms with van der Waals surface area (Å²) in [5.74, 6) is 1.01. The Morgan fingerprint density at radius 1 is 1.22 bits per heavy atom. The number of thioether (sulfide) groups is 1. The molecule has 0 bridgehead atoms. The zero-order chi connectivity index (χ0) is 25.8. The summed E-state index contributed by atoms with van der Waals surface area (Å²) >= 11 is 2.83. The van der Waals surface area contributed by atoms with E-state index in [1.807, 2.05) is 17.6 Å². The number of aromatic nitrogens is 3. The van der Waals surface area contributed by atoms with E-state index in [9.17, 15) is 9.59 Å². The summed E-state index contributed by atoms with van der Waals surface area (Å²) in [6.07, 6.45) is 9.98. The molecule has 1 saturated heterocycles. The minimum absolute atomic E-state index is 0.0864. The molecule has 3 aromatic heterocycles. The number of nitrogens with one attached hydrogen (secondary N) is 1. The van der Waals surface area contributed by atoms with Crippen LogP contribution in [0, 0.1) is 6.92 Å². The van der Waals surface area contributed by atoms with Crippen LogP contribution < -0.4 is 5.32 Å². The fourth-order valence-electron chi connectivity index (χ4n) is 4.99. The van der Waals surface area contributed by atoms with E-state index in [0.717, 1.165) is 68.4 Å². The number of nitrogens with zero attached hydrogens (tertiary/aromatic N) is 3. The fraction of sp³-hybridized carbons (Fsp3) is 0.538. The number of esters is 1. The van der Waals surface area contributed by atoms with Crippen LogP contribution in [0.15, 0.2) is 21.9 Å². The molecule has 198 valence electrons. The van der Waals surface area contributed by atoms with Gasteiger partial charge in [0, 0.05) is 11.5 Å². The van der Waals surface area contributed by atoms with Crippen molar-refractivity contribution in [1.82, 2.24) is 14.8 Å². The predicted octanol–water partition coefficient (Wildman–Crippen LogP) is 5.26. The van der Waals surface area contributed by atoms with E-state index in [1.165, 1.54) is 41.5 Å². The van der Waals surface area contributed by atoms with Gasteiger partial charge in [-0.15, -0.1) is 21.5 Å². The van der Waals surface area contributed by atoms with Gasteiger partial charge < -0.3 is 19.2 Å². The number of rotatable bonds is 8. The Labute approximate surface area is 224 Å². The van der Waals surface area contributed by atoms with Gasteiger partial charge in [0.15, 0.2) is 11.0 Å². The number of carbonyl (C=O) groups excluding carboxylic acids is 2. The SMILES string of the molecule is COC(=O)c1c(NC(=O)CSc2nnc(-c3ccoc3C)n2CC2CCCO2)sc2c1CCCCCC2. The Hall–Kier alpha value is -2.63. The Morgan fingerprint density at radius 3 is 2.78 bits per heavy atom. The summed E-state index contributed by atoms with van der Waals surface area (Å²) in [5.41, 5.74) is 2.43. The zero-order valence-corrected chi connectivity index (χ0v) is 22.8. The summed E-state index contributed by atoms with van der Waals surface area (Å²) in [6.45, 7) is 3.26. The Bertz CT molecular complexity index is 1260. The standard InChI is InChI=1S/C26H32N4O5S2/c1-16-18(11-13-34-16)23-28-29-26(30(23)14-17-8-7-12-35-17)36-15-21(31)27-24-22(25(32)33-2)19-9-5-3-4-6-10-20(19)37-24/h11,13,17H,3-10,12,14-15H2,1-2H3,(H,27,31). The van der Waals surface area contributed by atoms with E-state index in [1.54, 1.807) is 6.26 Å². The summed E-state index contributed by atoms with van der Waals surface area (Å²) in [4.78, 5) is 26.9. The van der Waals surface area contributed by atoms with Gasteiger partial charge >= 0.3 is 5.97 Å². The first-order chi connectivity index (χ1) is 18.0. The molecule has 1 amide bonds. The zero-order valence-electron chi connectivity index (χ0n) is 21.2. The molecule has 2 aliphatic rings. The lowest BCUT2D eigenvalue weighted by Crippen LogP contribution is -2.19. The molecule has 4 heterocycles. The van der Waals surface area contributed by atoms with Gasteiger partial charge in [-0.3, -0.25) is 9.36 Å². The van der Waals surface area contributed by atoms with Gasteiger partial charge in [-0.2, -0.15) is 0 Å². The molecule has 11 heteroatoms. The summed E-state index contributed by atoms with van der Waals surface area (Å²) < 4.78 is 18.4. The van der Waals surface area contributed by atoms with E-state index < -0.39 is 5.97 Å². The minimum atomic E-state index is -0.391. The number of thiophene rings is 1. The van der Waals surface area contributed by atoms with Gasteiger partial charge in [-0.05, 0) is 57.1 Å². The molecule has 0 saturated carbocycles. The highest BCUT2D eigenvalue weighted by Gasteiger charge is 2.27. The van der Waals surface area contributed by atoms with Gasteiger partial charge in [0.25, 0.3) is 0 Å². The number of fused-ring (bicyclic) bond motifs is 1. The molecule has 1 atom stereocenters. The van der Waals surface area contributed by atoms with Crippen molar-refractivity contribution in [2.24, 2.45) is 0 Å². The lowest BCUT2D eigenvalue weighted by molar-refractivity contribution is -0.113. The van der Waals surface area contributed by atoms with Gasteiger partial charge in [0.05, 0.1) is 42.9 Å². The number of aryl methyl sites for hydroxylation is 2. The van der Waals surface area contributed by atoms with E-state index in [-0.39, 0.29) is 17.8 Å². The number of carbonyl (C=O) groups is 2. The number of furan rings is 1. The lowest BCUT2D eigenvalue weighted by Gasteiger charge is -2.14. The number of amides is 1. The Balaban J connectivity index is 1.33. The van der Waals surface area contributed by atoms with Crippen molar-refractivity contribution in [2.75, 3.05) is 24.8 Å². The first kappa shape index (κ1) is 26.0. The molecular formula is C26H32N4O5S2. The number of anilines is 1. The third-order valence-corrected chi connectivity index (χ3v) is 9.05. The number of methoxy groups -OCH3 is 1. The molecule has 1 N–H and O–H groups in total.